The zero-order valence-electron chi connectivity index (χ0n) is 13.5. The number of nitrogens with zero attached hydrogens (tertiary/aromatic N) is 2. The summed E-state index contributed by atoms with van der Waals surface area (Å²) in [6, 6.07) is 12.4. The monoisotopic (exact) mass is 334 g/mol. The lowest BCUT2D eigenvalue weighted by molar-refractivity contribution is 0.0920. The lowest BCUT2D eigenvalue weighted by Gasteiger charge is -2.28. The Morgan fingerprint density at radius 1 is 1.35 bits per heavy atom. The summed E-state index contributed by atoms with van der Waals surface area (Å²) in [7, 11) is 0. The highest BCUT2D eigenvalue weighted by Gasteiger charge is 2.22. The Balaban J connectivity index is 0.00000192. The van der Waals surface area contributed by atoms with E-state index in [4.69, 9.17) is 0 Å². The normalized spacial score (nSPS) is 20.6. The van der Waals surface area contributed by atoms with Crippen molar-refractivity contribution >= 4 is 18.3 Å². The molecule has 2 heterocycles. The smallest absolute Gasteiger partial charge is 0.272 e. The molecule has 2 aromatic rings. The van der Waals surface area contributed by atoms with E-state index in [2.05, 4.69) is 22.7 Å². The first kappa shape index (κ1) is 17.5. The van der Waals surface area contributed by atoms with Gasteiger partial charge in [-0.15, -0.1) is 12.4 Å². The summed E-state index contributed by atoms with van der Waals surface area (Å²) < 4.78 is 1.81. The van der Waals surface area contributed by atoms with Crippen molar-refractivity contribution in [1.29, 1.82) is 0 Å². The average Bonchev–Trinajstić information content (AvgIpc) is 2.90. The Morgan fingerprint density at radius 2 is 2.09 bits per heavy atom. The van der Waals surface area contributed by atoms with Crippen LogP contribution in [-0.2, 0) is 0 Å². The first-order valence-electron chi connectivity index (χ1n) is 7.80. The van der Waals surface area contributed by atoms with Crippen LogP contribution in [0.4, 0.5) is 0 Å². The van der Waals surface area contributed by atoms with Gasteiger partial charge in [-0.1, -0.05) is 18.2 Å². The Morgan fingerprint density at radius 3 is 2.78 bits per heavy atom. The van der Waals surface area contributed by atoms with Crippen LogP contribution in [0.1, 0.15) is 35.9 Å². The molecule has 0 aliphatic carbocycles. The summed E-state index contributed by atoms with van der Waals surface area (Å²) in [5, 5.41) is 10.9. The molecule has 1 aromatic heterocycles. The summed E-state index contributed by atoms with van der Waals surface area (Å²) in [5.74, 6) is -0.0862. The number of amides is 1. The molecule has 1 amide bonds. The molecule has 1 fully saturated rings. The minimum atomic E-state index is -0.0862. The van der Waals surface area contributed by atoms with Crippen molar-refractivity contribution in [2.24, 2.45) is 0 Å². The third-order valence-corrected chi connectivity index (χ3v) is 4.08. The number of piperidine rings is 1. The molecule has 2 atom stereocenters. The second kappa shape index (κ2) is 7.62. The molecule has 3 rings (SSSR count). The van der Waals surface area contributed by atoms with E-state index in [1.807, 2.05) is 43.3 Å². The van der Waals surface area contributed by atoms with E-state index in [1.165, 1.54) is 0 Å². The van der Waals surface area contributed by atoms with Crippen molar-refractivity contribution in [2.75, 3.05) is 6.54 Å². The summed E-state index contributed by atoms with van der Waals surface area (Å²) in [6.45, 7) is 5.06. The summed E-state index contributed by atoms with van der Waals surface area (Å²) in [6.07, 6.45) is 1.93. The van der Waals surface area contributed by atoms with Crippen molar-refractivity contribution in [3.8, 4) is 5.69 Å². The van der Waals surface area contributed by atoms with Crippen LogP contribution in [0.2, 0.25) is 0 Å². The average molecular weight is 335 g/mol. The standard InChI is InChI=1S/C17H22N4O.ClH/c1-12-10-14(8-9-18-12)19-17(22)16-11-13(2)21(20-16)15-6-4-3-5-7-15;/h3-7,11-12,14,18H,8-10H2,1-2H3,(H,19,22);1H. The van der Waals surface area contributed by atoms with Crippen LogP contribution < -0.4 is 10.6 Å². The van der Waals surface area contributed by atoms with Crippen molar-refractivity contribution in [3.63, 3.8) is 0 Å². The zero-order chi connectivity index (χ0) is 15.5. The molecule has 2 unspecified atom stereocenters. The van der Waals surface area contributed by atoms with E-state index in [-0.39, 0.29) is 24.4 Å². The number of carbonyl (C=O) groups excluding carboxylic acids is 1. The van der Waals surface area contributed by atoms with E-state index >= 15 is 0 Å². The minimum Gasteiger partial charge on any atom is -0.348 e. The van der Waals surface area contributed by atoms with Crippen LogP contribution in [0.3, 0.4) is 0 Å². The molecule has 0 radical (unpaired) electrons. The molecular formula is C17H23ClN4O. The van der Waals surface area contributed by atoms with E-state index in [1.54, 1.807) is 4.68 Å². The minimum absolute atomic E-state index is 0. The second-order valence-electron chi connectivity index (χ2n) is 5.97. The van der Waals surface area contributed by atoms with Gasteiger partial charge in [-0.05, 0) is 51.4 Å². The fourth-order valence-corrected chi connectivity index (χ4v) is 2.94. The number of carbonyl (C=O) groups is 1. The van der Waals surface area contributed by atoms with Crippen LogP contribution in [0.15, 0.2) is 36.4 Å². The number of hydrogen-bond acceptors (Lipinski definition) is 3. The zero-order valence-corrected chi connectivity index (χ0v) is 14.3. The Kier molecular flexibility index (Phi) is 5.80. The first-order chi connectivity index (χ1) is 10.6. The molecule has 6 heteroatoms. The molecule has 1 aliphatic heterocycles. The summed E-state index contributed by atoms with van der Waals surface area (Å²) in [4.78, 5) is 12.4. The van der Waals surface area contributed by atoms with Crippen molar-refractivity contribution in [3.05, 3.63) is 47.8 Å². The fourth-order valence-electron chi connectivity index (χ4n) is 2.94. The molecule has 2 N–H and O–H groups in total. The number of benzene rings is 1. The van der Waals surface area contributed by atoms with E-state index in [9.17, 15) is 4.79 Å². The van der Waals surface area contributed by atoms with Crippen molar-refractivity contribution in [1.82, 2.24) is 20.4 Å². The SMILES string of the molecule is Cc1cc(C(=O)NC2CCNC(C)C2)nn1-c1ccccc1.Cl. The van der Waals surface area contributed by atoms with Gasteiger partial charge in [0.2, 0.25) is 0 Å². The van der Waals surface area contributed by atoms with Crippen molar-refractivity contribution in [2.45, 2.75) is 38.8 Å². The number of rotatable bonds is 3. The van der Waals surface area contributed by atoms with Crippen LogP contribution in [0, 0.1) is 6.92 Å². The Labute approximate surface area is 142 Å². The third-order valence-electron chi connectivity index (χ3n) is 4.08. The van der Waals surface area contributed by atoms with Gasteiger partial charge >= 0.3 is 0 Å². The van der Waals surface area contributed by atoms with Crippen LogP contribution in [0.25, 0.3) is 5.69 Å². The molecule has 0 saturated carbocycles. The fraction of sp³-hybridized carbons (Fsp3) is 0.412. The number of halogens is 1. The van der Waals surface area contributed by atoms with Gasteiger partial charge in [0.25, 0.3) is 5.91 Å². The molecule has 0 spiro atoms. The van der Waals surface area contributed by atoms with Gasteiger partial charge in [0, 0.05) is 17.8 Å². The number of para-hydroxylation sites is 1. The predicted molar refractivity (Wildman–Crippen MR) is 93.5 cm³/mol. The van der Waals surface area contributed by atoms with Gasteiger partial charge in [0.15, 0.2) is 5.69 Å². The highest BCUT2D eigenvalue weighted by atomic mass is 35.5. The molecular weight excluding hydrogens is 312 g/mol. The molecule has 0 bridgehead atoms. The molecule has 5 nitrogen and oxygen atoms in total. The molecule has 1 saturated heterocycles. The van der Waals surface area contributed by atoms with Crippen LogP contribution >= 0.6 is 12.4 Å². The molecule has 124 valence electrons. The Hall–Kier alpha value is -1.85. The lowest BCUT2D eigenvalue weighted by Crippen LogP contribution is -2.46. The maximum absolute atomic E-state index is 12.4. The number of aromatic nitrogens is 2. The highest BCUT2D eigenvalue weighted by Crippen LogP contribution is 2.13. The van der Waals surface area contributed by atoms with Gasteiger partial charge in [-0.25, -0.2) is 4.68 Å². The predicted octanol–water partition coefficient (Wildman–Crippen LogP) is 2.47. The van der Waals surface area contributed by atoms with Gasteiger partial charge < -0.3 is 10.6 Å². The Bertz CT molecular complexity index is 656. The highest BCUT2D eigenvalue weighted by molar-refractivity contribution is 5.92. The maximum Gasteiger partial charge on any atom is 0.272 e. The number of nitrogens with one attached hydrogen (secondary N) is 2. The molecule has 1 aliphatic rings. The van der Waals surface area contributed by atoms with E-state index in [0.717, 1.165) is 30.8 Å². The van der Waals surface area contributed by atoms with Crippen LogP contribution in [-0.4, -0.2) is 34.3 Å². The lowest BCUT2D eigenvalue weighted by atomic mass is 10.0. The first-order valence-corrected chi connectivity index (χ1v) is 7.80. The molecule has 23 heavy (non-hydrogen) atoms. The topological polar surface area (TPSA) is 59.0 Å². The maximum atomic E-state index is 12.4. The van der Waals surface area contributed by atoms with E-state index in [0.29, 0.717) is 11.7 Å². The van der Waals surface area contributed by atoms with Crippen LogP contribution in [0.5, 0.6) is 0 Å². The van der Waals surface area contributed by atoms with Crippen molar-refractivity contribution < 1.29 is 4.79 Å². The van der Waals surface area contributed by atoms with Gasteiger partial charge in [-0.2, -0.15) is 5.10 Å². The third kappa shape index (κ3) is 4.12. The summed E-state index contributed by atoms with van der Waals surface area (Å²) >= 11 is 0. The molecule has 1 aromatic carbocycles. The second-order valence-corrected chi connectivity index (χ2v) is 5.97. The van der Waals surface area contributed by atoms with Gasteiger partial charge in [0.05, 0.1) is 5.69 Å². The van der Waals surface area contributed by atoms with Gasteiger partial charge in [0.1, 0.15) is 0 Å². The van der Waals surface area contributed by atoms with E-state index < -0.39 is 0 Å². The quantitative estimate of drug-likeness (QED) is 0.906. The van der Waals surface area contributed by atoms with Gasteiger partial charge in [-0.3, -0.25) is 4.79 Å². The number of hydrogen-bond donors (Lipinski definition) is 2. The summed E-state index contributed by atoms with van der Waals surface area (Å²) in [5.41, 5.74) is 2.40. The number of aryl methyl sites for hydroxylation is 1. The largest absolute Gasteiger partial charge is 0.348 e.